The second kappa shape index (κ2) is 11.2. The van der Waals surface area contributed by atoms with Gasteiger partial charge in [0.05, 0.1) is 11.1 Å². The van der Waals surface area contributed by atoms with Crippen LogP contribution < -0.4 is 4.90 Å². The van der Waals surface area contributed by atoms with Crippen molar-refractivity contribution in [3.05, 3.63) is 221 Å². The lowest BCUT2D eigenvalue weighted by Gasteiger charge is -2.46. The van der Waals surface area contributed by atoms with E-state index in [1.165, 1.54) is 66.4 Å². The summed E-state index contributed by atoms with van der Waals surface area (Å²) in [6, 6.07) is 69.7. The maximum atomic E-state index is 2.45. The van der Waals surface area contributed by atoms with Crippen molar-refractivity contribution in [2.24, 2.45) is 0 Å². The fourth-order valence-corrected chi connectivity index (χ4v) is 9.28. The zero-order valence-electron chi connectivity index (χ0n) is 28.8. The van der Waals surface area contributed by atoms with Gasteiger partial charge in [-0.2, -0.15) is 0 Å². The van der Waals surface area contributed by atoms with Gasteiger partial charge in [-0.25, -0.2) is 0 Å². The van der Waals surface area contributed by atoms with Gasteiger partial charge in [-0.1, -0.05) is 172 Å². The van der Waals surface area contributed by atoms with Crippen LogP contribution in [0.4, 0.5) is 17.1 Å². The van der Waals surface area contributed by atoms with Crippen molar-refractivity contribution < 1.29 is 0 Å². The molecule has 0 atom stereocenters. The molecule has 2 aliphatic rings. The molecule has 0 aliphatic heterocycles. The van der Waals surface area contributed by atoms with Crippen molar-refractivity contribution in [1.29, 1.82) is 0 Å². The Morgan fingerprint density at radius 2 is 0.922 bits per heavy atom. The van der Waals surface area contributed by atoms with Gasteiger partial charge in [0.2, 0.25) is 0 Å². The molecule has 0 N–H and O–H groups in total. The van der Waals surface area contributed by atoms with Crippen molar-refractivity contribution in [1.82, 2.24) is 0 Å². The molecule has 0 saturated carbocycles. The predicted molar refractivity (Wildman–Crippen MR) is 213 cm³/mol. The fourth-order valence-electron chi connectivity index (χ4n) is 9.28. The van der Waals surface area contributed by atoms with Crippen LogP contribution in [0.2, 0.25) is 0 Å². The fraction of sp³-hybridized carbons (Fsp3) is 0.0800. The molecule has 0 heterocycles. The van der Waals surface area contributed by atoms with Gasteiger partial charge >= 0.3 is 0 Å². The molecule has 1 spiro atoms. The minimum atomic E-state index is -0.412. The first kappa shape index (κ1) is 29.7. The van der Waals surface area contributed by atoms with E-state index in [0.717, 1.165) is 17.1 Å². The summed E-state index contributed by atoms with van der Waals surface area (Å²) in [7, 11) is 0. The topological polar surface area (TPSA) is 3.24 Å². The SMILES string of the molecule is CC1(C)c2ccccc2C2(c3ccccc3-c3cc(N(c4cccc(-c5ccccc5)c4)c4cccc5ccccc45)ccc32)c2ccccc21. The summed E-state index contributed by atoms with van der Waals surface area (Å²) in [5.41, 5.74) is 16.1. The van der Waals surface area contributed by atoms with E-state index in [4.69, 9.17) is 0 Å². The third kappa shape index (κ3) is 4.22. The monoisotopic (exact) mass is 651 g/mol. The molecule has 8 aromatic carbocycles. The van der Waals surface area contributed by atoms with Gasteiger partial charge in [0.15, 0.2) is 0 Å². The van der Waals surface area contributed by atoms with Gasteiger partial charge in [0, 0.05) is 22.2 Å². The summed E-state index contributed by atoms with van der Waals surface area (Å²) in [4.78, 5) is 2.45. The number of anilines is 3. The highest BCUT2D eigenvalue weighted by Crippen LogP contribution is 2.62. The van der Waals surface area contributed by atoms with Crippen LogP contribution in [0, 0.1) is 0 Å². The Morgan fingerprint density at radius 1 is 0.373 bits per heavy atom. The van der Waals surface area contributed by atoms with E-state index in [-0.39, 0.29) is 5.41 Å². The summed E-state index contributed by atoms with van der Waals surface area (Å²) in [5.74, 6) is 0. The van der Waals surface area contributed by atoms with E-state index >= 15 is 0 Å². The van der Waals surface area contributed by atoms with Crippen LogP contribution in [-0.2, 0) is 10.8 Å². The van der Waals surface area contributed by atoms with Crippen molar-refractivity contribution in [3.8, 4) is 22.3 Å². The number of hydrogen-bond donors (Lipinski definition) is 0. The van der Waals surface area contributed by atoms with Crippen LogP contribution in [0.3, 0.4) is 0 Å². The Hall–Kier alpha value is -6.18. The first-order valence-corrected chi connectivity index (χ1v) is 17.9. The molecule has 10 rings (SSSR count). The zero-order chi connectivity index (χ0) is 34.2. The highest BCUT2D eigenvalue weighted by atomic mass is 15.1. The number of hydrogen-bond acceptors (Lipinski definition) is 1. The molecule has 0 unspecified atom stereocenters. The van der Waals surface area contributed by atoms with Gasteiger partial charge in [0.1, 0.15) is 0 Å². The Balaban J connectivity index is 1.26. The molecular weight excluding hydrogens is 615 g/mol. The van der Waals surface area contributed by atoms with Gasteiger partial charge in [0.25, 0.3) is 0 Å². The van der Waals surface area contributed by atoms with E-state index in [2.05, 4.69) is 207 Å². The molecule has 1 nitrogen and oxygen atoms in total. The molecule has 8 aromatic rings. The number of nitrogens with zero attached hydrogens (tertiary/aromatic N) is 1. The lowest BCUT2D eigenvalue weighted by Crippen LogP contribution is -2.40. The molecule has 51 heavy (non-hydrogen) atoms. The Morgan fingerprint density at radius 3 is 1.69 bits per heavy atom. The molecule has 0 bridgehead atoms. The molecule has 0 amide bonds. The average Bonchev–Trinajstić information content (AvgIpc) is 3.48. The molecule has 0 aromatic heterocycles. The minimum absolute atomic E-state index is 0.120. The Bertz CT molecular complexity index is 2570. The van der Waals surface area contributed by atoms with E-state index in [1.54, 1.807) is 0 Å². The van der Waals surface area contributed by atoms with Gasteiger partial charge < -0.3 is 4.90 Å². The Labute approximate surface area is 300 Å². The highest BCUT2D eigenvalue weighted by Gasteiger charge is 2.53. The second-order valence-corrected chi connectivity index (χ2v) is 14.5. The standard InChI is InChI=1S/C50H37N/c1-49(2)44-25-10-12-27-46(44)50(47-28-13-11-26-45(47)49)42-24-9-8-23-40(42)41-33-38(30-31-43(41)50)51(48-29-15-19-35-18-6-7-22-39(35)48)37-21-14-20-36(32-37)34-16-4-3-5-17-34/h3-33H,1-2H3. The third-order valence-electron chi connectivity index (χ3n) is 11.5. The molecule has 0 radical (unpaired) electrons. The minimum Gasteiger partial charge on any atom is -0.310 e. The summed E-state index contributed by atoms with van der Waals surface area (Å²) < 4.78 is 0. The zero-order valence-corrected chi connectivity index (χ0v) is 28.8. The number of benzene rings is 8. The lowest BCUT2D eigenvalue weighted by molar-refractivity contribution is 0.563. The van der Waals surface area contributed by atoms with Crippen LogP contribution in [0.5, 0.6) is 0 Å². The first-order chi connectivity index (χ1) is 25.1. The van der Waals surface area contributed by atoms with E-state index < -0.39 is 5.41 Å². The number of rotatable bonds is 4. The second-order valence-electron chi connectivity index (χ2n) is 14.5. The Kier molecular flexibility index (Phi) is 6.51. The molecule has 0 saturated heterocycles. The van der Waals surface area contributed by atoms with E-state index in [0.29, 0.717) is 0 Å². The van der Waals surface area contributed by atoms with Crippen molar-refractivity contribution in [2.45, 2.75) is 24.7 Å². The van der Waals surface area contributed by atoms with Crippen LogP contribution in [0.15, 0.2) is 188 Å². The molecule has 242 valence electrons. The van der Waals surface area contributed by atoms with Crippen molar-refractivity contribution >= 4 is 27.8 Å². The summed E-state index contributed by atoms with van der Waals surface area (Å²) in [5, 5.41) is 2.45. The maximum absolute atomic E-state index is 2.45. The summed E-state index contributed by atoms with van der Waals surface area (Å²) in [6.07, 6.45) is 0. The van der Waals surface area contributed by atoms with Crippen LogP contribution in [-0.4, -0.2) is 0 Å². The highest BCUT2D eigenvalue weighted by molar-refractivity contribution is 6.00. The lowest BCUT2D eigenvalue weighted by atomic mass is 9.55. The quantitative estimate of drug-likeness (QED) is 0.183. The average molecular weight is 652 g/mol. The summed E-state index contributed by atoms with van der Waals surface area (Å²) >= 11 is 0. The molecule has 1 heteroatoms. The molecule has 0 fully saturated rings. The maximum Gasteiger partial charge on any atom is 0.0719 e. The number of fused-ring (bicyclic) bond motifs is 10. The smallest absolute Gasteiger partial charge is 0.0719 e. The van der Waals surface area contributed by atoms with Gasteiger partial charge in [-0.3, -0.25) is 0 Å². The van der Waals surface area contributed by atoms with Crippen molar-refractivity contribution in [2.75, 3.05) is 4.90 Å². The largest absolute Gasteiger partial charge is 0.310 e. The first-order valence-electron chi connectivity index (χ1n) is 17.9. The van der Waals surface area contributed by atoms with Gasteiger partial charge in [-0.05, 0) is 91.4 Å². The molecule has 2 aliphatic carbocycles. The van der Waals surface area contributed by atoms with Crippen LogP contribution in [0.25, 0.3) is 33.0 Å². The van der Waals surface area contributed by atoms with E-state index in [9.17, 15) is 0 Å². The summed E-state index contributed by atoms with van der Waals surface area (Å²) in [6.45, 7) is 4.77. The van der Waals surface area contributed by atoms with Crippen LogP contribution in [0.1, 0.15) is 47.2 Å². The normalized spacial score (nSPS) is 14.4. The van der Waals surface area contributed by atoms with Crippen LogP contribution >= 0.6 is 0 Å². The van der Waals surface area contributed by atoms with Crippen molar-refractivity contribution in [3.63, 3.8) is 0 Å². The van der Waals surface area contributed by atoms with E-state index in [1.807, 2.05) is 0 Å². The van der Waals surface area contributed by atoms with Gasteiger partial charge in [-0.15, -0.1) is 0 Å². The predicted octanol–water partition coefficient (Wildman–Crippen LogP) is 13.0. The third-order valence-corrected chi connectivity index (χ3v) is 11.5. The molecular formula is C50H37N.